The van der Waals surface area contributed by atoms with Crippen LogP contribution in [-0.2, 0) is 19.5 Å². The molecule has 2 aromatic rings. The second-order valence-electron chi connectivity index (χ2n) is 5.27. The van der Waals surface area contributed by atoms with E-state index >= 15 is 0 Å². The third-order valence-corrected chi connectivity index (χ3v) is 4.23. The van der Waals surface area contributed by atoms with Gasteiger partial charge in [0.15, 0.2) is 0 Å². The topological polar surface area (TPSA) is 28.2 Å². The monoisotopic (exact) mass is 273 g/mol. The first-order chi connectivity index (χ1) is 9.22. The number of aromatic nitrogens is 1. The zero-order chi connectivity index (χ0) is 13.2. The number of fused-ring (bicyclic) bond motifs is 1. The summed E-state index contributed by atoms with van der Waals surface area (Å²) in [6.07, 6.45) is 1.12. The summed E-state index contributed by atoms with van der Waals surface area (Å²) in [6, 6.07) is 6.74. The number of thiazole rings is 1. The van der Waals surface area contributed by atoms with Crippen LogP contribution in [0.1, 0.15) is 16.1 Å². The Kier molecular flexibility index (Phi) is 3.64. The quantitative estimate of drug-likeness (QED) is 0.931. The van der Waals surface area contributed by atoms with Crippen LogP contribution >= 0.6 is 11.3 Å². The molecule has 4 heteroatoms. The summed E-state index contributed by atoms with van der Waals surface area (Å²) in [5.41, 5.74) is 5.27. The van der Waals surface area contributed by atoms with Crippen molar-refractivity contribution in [3.05, 3.63) is 39.7 Å². The van der Waals surface area contributed by atoms with E-state index in [0.29, 0.717) is 0 Å². The summed E-state index contributed by atoms with van der Waals surface area (Å²) < 4.78 is 0. The molecular formula is C15H19N3S. The van der Waals surface area contributed by atoms with Gasteiger partial charge < -0.3 is 10.2 Å². The highest BCUT2D eigenvalue weighted by atomic mass is 32.1. The van der Waals surface area contributed by atoms with Crippen molar-refractivity contribution in [2.24, 2.45) is 0 Å². The van der Waals surface area contributed by atoms with E-state index in [0.717, 1.165) is 31.7 Å². The Balaban J connectivity index is 1.87. The molecule has 19 heavy (non-hydrogen) atoms. The number of hydrogen-bond acceptors (Lipinski definition) is 4. The normalized spacial score (nSPS) is 14.7. The molecule has 0 bridgehead atoms. The van der Waals surface area contributed by atoms with Crippen LogP contribution in [0.15, 0.2) is 23.6 Å². The number of nitrogens with zero attached hydrogens (tertiary/aromatic N) is 2. The van der Waals surface area contributed by atoms with E-state index in [2.05, 4.69) is 47.9 Å². The standard InChI is InChI=1S/C15H19N3S/c1-18(2)9-15-17-14(10-19-15)12-3-4-13-8-16-6-5-11(13)7-12/h3-4,7,10,16H,5-6,8-9H2,1-2H3. The largest absolute Gasteiger partial charge is 0.312 e. The lowest BCUT2D eigenvalue weighted by Gasteiger charge is -2.17. The van der Waals surface area contributed by atoms with Crippen LogP contribution in [0.3, 0.4) is 0 Å². The molecule has 3 nitrogen and oxygen atoms in total. The number of rotatable bonds is 3. The molecule has 0 fully saturated rings. The minimum atomic E-state index is 0.916. The van der Waals surface area contributed by atoms with Crippen molar-refractivity contribution in [2.45, 2.75) is 19.5 Å². The van der Waals surface area contributed by atoms with Crippen LogP contribution in [0.2, 0.25) is 0 Å². The average molecular weight is 273 g/mol. The maximum absolute atomic E-state index is 4.73. The van der Waals surface area contributed by atoms with Crippen LogP contribution < -0.4 is 5.32 Å². The van der Waals surface area contributed by atoms with Crippen molar-refractivity contribution in [1.29, 1.82) is 0 Å². The summed E-state index contributed by atoms with van der Waals surface area (Å²) >= 11 is 1.74. The molecule has 1 aliphatic heterocycles. The molecule has 0 saturated heterocycles. The first kappa shape index (κ1) is 12.8. The summed E-state index contributed by atoms with van der Waals surface area (Å²) in [6.45, 7) is 3.00. The fourth-order valence-corrected chi connectivity index (χ4v) is 3.34. The van der Waals surface area contributed by atoms with Gasteiger partial charge in [0.05, 0.1) is 5.69 Å². The average Bonchev–Trinajstić information content (AvgIpc) is 2.86. The van der Waals surface area contributed by atoms with Gasteiger partial charge in [-0.15, -0.1) is 11.3 Å². The van der Waals surface area contributed by atoms with Crippen molar-refractivity contribution in [1.82, 2.24) is 15.2 Å². The molecule has 0 spiro atoms. The molecular weight excluding hydrogens is 254 g/mol. The Morgan fingerprint density at radius 3 is 3.05 bits per heavy atom. The van der Waals surface area contributed by atoms with Gasteiger partial charge in [-0.25, -0.2) is 4.98 Å². The molecule has 0 radical (unpaired) electrons. The number of benzene rings is 1. The lowest BCUT2D eigenvalue weighted by atomic mass is 9.98. The lowest BCUT2D eigenvalue weighted by molar-refractivity contribution is 0.402. The molecule has 3 rings (SSSR count). The Labute approximate surface area is 118 Å². The Bertz CT molecular complexity index is 575. The molecule has 0 aliphatic carbocycles. The minimum absolute atomic E-state index is 0.916. The molecule has 1 N–H and O–H groups in total. The molecule has 1 aliphatic rings. The summed E-state index contributed by atoms with van der Waals surface area (Å²) in [5, 5.41) is 6.76. The number of nitrogens with one attached hydrogen (secondary N) is 1. The predicted molar refractivity (Wildman–Crippen MR) is 80.4 cm³/mol. The molecule has 1 aromatic heterocycles. The highest BCUT2D eigenvalue weighted by molar-refractivity contribution is 7.09. The third kappa shape index (κ3) is 2.86. The van der Waals surface area contributed by atoms with Gasteiger partial charge in [-0.2, -0.15) is 0 Å². The highest BCUT2D eigenvalue weighted by Crippen LogP contribution is 2.26. The zero-order valence-electron chi connectivity index (χ0n) is 11.4. The fraction of sp³-hybridized carbons (Fsp3) is 0.400. The second kappa shape index (κ2) is 5.41. The number of hydrogen-bond donors (Lipinski definition) is 1. The SMILES string of the molecule is CN(C)Cc1nc(-c2ccc3c(c2)CCNC3)cs1. The summed E-state index contributed by atoms with van der Waals surface area (Å²) in [5.74, 6) is 0. The maximum atomic E-state index is 4.73. The Morgan fingerprint density at radius 1 is 1.32 bits per heavy atom. The summed E-state index contributed by atoms with van der Waals surface area (Å²) in [4.78, 5) is 6.88. The first-order valence-corrected chi connectivity index (χ1v) is 7.52. The smallest absolute Gasteiger partial charge is 0.107 e. The first-order valence-electron chi connectivity index (χ1n) is 6.64. The molecule has 0 atom stereocenters. The second-order valence-corrected chi connectivity index (χ2v) is 6.22. The van der Waals surface area contributed by atoms with Crippen LogP contribution in [0.4, 0.5) is 0 Å². The predicted octanol–water partition coefficient (Wildman–Crippen LogP) is 2.52. The van der Waals surface area contributed by atoms with Crippen molar-refractivity contribution < 1.29 is 0 Å². The van der Waals surface area contributed by atoms with Crippen LogP contribution in [0.5, 0.6) is 0 Å². The van der Waals surface area contributed by atoms with Gasteiger partial charge in [0.25, 0.3) is 0 Å². The third-order valence-electron chi connectivity index (χ3n) is 3.39. The van der Waals surface area contributed by atoms with Crippen LogP contribution in [0.25, 0.3) is 11.3 Å². The fourth-order valence-electron chi connectivity index (χ4n) is 2.42. The zero-order valence-corrected chi connectivity index (χ0v) is 12.3. The maximum Gasteiger partial charge on any atom is 0.107 e. The van der Waals surface area contributed by atoms with E-state index in [-0.39, 0.29) is 0 Å². The van der Waals surface area contributed by atoms with E-state index in [1.54, 1.807) is 11.3 Å². The van der Waals surface area contributed by atoms with E-state index in [4.69, 9.17) is 4.98 Å². The van der Waals surface area contributed by atoms with Crippen LogP contribution in [-0.4, -0.2) is 30.5 Å². The van der Waals surface area contributed by atoms with Crippen molar-refractivity contribution in [3.8, 4) is 11.3 Å². The van der Waals surface area contributed by atoms with Gasteiger partial charge in [0.2, 0.25) is 0 Å². The minimum Gasteiger partial charge on any atom is -0.312 e. The van der Waals surface area contributed by atoms with E-state index in [9.17, 15) is 0 Å². The van der Waals surface area contributed by atoms with Crippen molar-refractivity contribution in [2.75, 3.05) is 20.6 Å². The molecule has 100 valence electrons. The Hall–Kier alpha value is -1.23. The van der Waals surface area contributed by atoms with Crippen molar-refractivity contribution in [3.63, 3.8) is 0 Å². The van der Waals surface area contributed by atoms with E-state index in [1.807, 2.05) is 0 Å². The Morgan fingerprint density at radius 2 is 2.21 bits per heavy atom. The molecule has 0 saturated carbocycles. The summed E-state index contributed by atoms with van der Waals surface area (Å²) in [7, 11) is 4.15. The van der Waals surface area contributed by atoms with E-state index < -0.39 is 0 Å². The molecule has 1 aromatic carbocycles. The molecule has 0 amide bonds. The molecule has 2 heterocycles. The van der Waals surface area contributed by atoms with Gasteiger partial charge in [-0.1, -0.05) is 12.1 Å². The van der Waals surface area contributed by atoms with Gasteiger partial charge >= 0.3 is 0 Å². The van der Waals surface area contributed by atoms with Crippen LogP contribution in [0, 0.1) is 0 Å². The van der Waals surface area contributed by atoms with Gasteiger partial charge in [-0.05, 0) is 44.3 Å². The van der Waals surface area contributed by atoms with Crippen molar-refractivity contribution >= 4 is 11.3 Å². The highest BCUT2D eigenvalue weighted by Gasteiger charge is 2.11. The van der Waals surface area contributed by atoms with Gasteiger partial charge in [0.1, 0.15) is 5.01 Å². The molecule has 0 unspecified atom stereocenters. The van der Waals surface area contributed by atoms with Gasteiger partial charge in [-0.3, -0.25) is 0 Å². The van der Waals surface area contributed by atoms with Gasteiger partial charge in [0, 0.05) is 24.0 Å². The lowest BCUT2D eigenvalue weighted by Crippen LogP contribution is -2.23. The van der Waals surface area contributed by atoms with E-state index in [1.165, 1.54) is 21.7 Å².